The number of piperazine rings is 1. The average Bonchev–Trinajstić information content (AvgIpc) is 2.67. The van der Waals surface area contributed by atoms with Crippen LogP contribution in [-0.2, 0) is 11.2 Å². The van der Waals surface area contributed by atoms with E-state index in [1.54, 1.807) is 18.3 Å². The SMILES string of the molecule is O=C(O)c1cccnc1N1CCN(C(=O)CCc2ccccc2)CC1. The summed E-state index contributed by atoms with van der Waals surface area (Å²) in [7, 11) is 0. The van der Waals surface area contributed by atoms with E-state index < -0.39 is 5.97 Å². The van der Waals surface area contributed by atoms with Gasteiger partial charge in [0.2, 0.25) is 5.91 Å². The molecule has 1 saturated heterocycles. The number of rotatable bonds is 5. The Morgan fingerprint density at radius 3 is 2.40 bits per heavy atom. The summed E-state index contributed by atoms with van der Waals surface area (Å²) in [5, 5.41) is 9.28. The Hall–Kier alpha value is -2.89. The lowest BCUT2D eigenvalue weighted by Gasteiger charge is -2.36. The summed E-state index contributed by atoms with van der Waals surface area (Å²) in [5.74, 6) is -0.362. The smallest absolute Gasteiger partial charge is 0.339 e. The van der Waals surface area contributed by atoms with E-state index in [1.807, 2.05) is 40.1 Å². The fraction of sp³-hybridized carbons (Fsp3) is 0.316. The number of aromatic carboxylic acids is 1. The van der Waals surface area contributed by atoms with Crippen molar-refractivity contribution in [3.63, 3.8) is 0 Å². The molecule has 130 valence electrons. The summed E-state index contributed by atoms with van der Waals surface area (Å²) in [4.78, 5) is 31.7. The molecule has 0 aliphatic carbocycles. The highest BCUT2D eigenvalue weighted by molar-refractivity contribution is 5.93. The van der Waals surface area contributed by atoms with Crippen LogP contribution in [0.1, 0.15) is 22.3 Å². The number of carbonyl (C=O) groups excluding carboxylic acids is 1. The molecule has 0 radical (unpaired) electrons. The monoisotopic (exact) mass is 339 g/mol. The highest BCUT2D eigenvalue weighted by Crippen LogP contribution is 2.19. The Labute approximate surface area is 146 Å². The molecule has 1 aliphatic heterocycles. The van der Waals surface area contributed by atoms with Crippen LogP contribution in [0.15, 0.2) is 48.7 Å². The molecule has 2 heterocycles. The molecule has 6 nitrogen and oxygen atoms in total. The highest BCUT2D eigenvalue weighted by Gasteiger charge is 2.24. The minimum atomic E-state index is -0.982. The summed E-state index contributed by atoms with van der Waals surface area (Å²) in [6, 6.07) is 13.2. The van der Waals surface area contributed by atoms with Gasteiger partial charge in [0.1, 0.15) is 11.4 Å². The molecule has 0 bridgehead atoms. The van der Waals surface area contributed by atoms with Crippen LogP contribution in [0.25, 0.3) is 0 Å². The third-order valence-electron chi connectivity index (χ3n) is 4.42. The summed E-state index contributed by atoms with van der Waals surface area (Å²) in [5.41, 5.74) is 1.36. The Morgan fingerprint density at radius 1 is 1.00 bits per heavy atom. The fourth-order valence-electron chi connectivity index (χ4n) is 3.04. The number of hydrogen-bond donors (Lipinski definition) is 1. The number of anilines is 1. The van der Waals surface area contributed by atoms with Gasteiger partial charge in [0.25, 0.3) is 0 Å². The molecule has 6 heteroatoms. The van der Waals surface area contributed by atoms with Gasteiger partial charge in [-0.15, -0.1) is 0 Å². The topological polar surface area (TPSA) is 73.7 Å². The standard InChI is InChI=1S/C19H21N3O3/c23-17(9-8-15-5-2-1-3-6-15)21-11-13-22(14-12-21)18-16(19(24)25)7-4-10-20-18/h1-7,10H,8-9,11-14H2,(H,24,25). The number of hydrogen-bond acceptors (Lipinski definition) is 4. The molecular formula is C19H21N3O3. The van der Waals surface area contributed by atoms with Gasteiger partial charge in [0.05, 0.1) is 0 Å². The predicted molar refractivity (Wildman–Crippen MR) is 94.8 cm³/mol. The van der Waals surface area contributed by atoms with Crippen molar-refractivity contribution in [2.75, 3.05) is 31.1 Å². The van der Waals surface area contributed by atoms with Crippen LogP contribution in [0.5, 0.6) is 0 Å². The second-order valence-electron chi connectivity index (χ2n) is 6.03. The van der Waals surface area contributed by atoms with E-state index in [0.717, 1.165) is 12.0 Å². The first-order chi connectivity index (χ1) is 12.1. The van der Waals surface area contributed by atoms with Gasteiger partial charge in [-0.05, 0) is 24.1 Å². The van der Waals surface area contributed by atoms with Crippen molar-refractivity contribution in [1.29, 1.82) is 0 Å². The van der Waals surface area contributed by atoms with Gasteiger partial charge in [-0.1, -0.05) is 30.3 Å². The Kier molecular flexibility index (Phi) is 5.28. The van der Waals surface area contributed by atoms with Crippen LogP contribution in [-0.4, -0.2) is 53.0 Å². The Bertz CT molecular complexity index is 741. The van der Waals surface area contributed by atoms with Crippen molar-refractivity contribution in [3.05, 3.63) is 59.8 Å². The quantitative estimate of drug-likeness (QED) is 0.903. The summed E-state index contributed by atoms with van der Waals surface area (Å²) in [6.45, 7) is 2.36. The van der Waals surface area contributed by atoms with E-state index >= 15 is 0 Å². The number of carboxylic acids is 1. The zero-order valence-electron chi connectivity index (χ0n) is 14.0. The molecule has 3 rings (SSSR count). The molecule has 25 heavy (non-hydrogen) atoms. The second kappa shape index (κ2) is 7.79. The molecule has 0 unspecified atom stereocenters. The highest BCUT2D eigenvalue weighted by atomic mass is 16.4. The number of pyridine rings is 1. The van der Waals surface area contributed by atoms with E-state index in [2.05, 4.69) is 4.98 Å². The van der Waals surface area contributed by atoms with Crippen molar-refractivity contribution in [3.8, 4) is 0 Å². The summed E-state index contributed by atoms with van der Waals surface area (Å²) < 4.78 is 0. The zero-order chi connectivity index (χ0) is 17.6. The molecule has 1 aromatic heterocycles. The van der Waals surface area contributed by atoms with Crippen LogP contribution in [0.3, 0.4) is 0 Å². The maximum atomic E-state index is 12.4. The van der Waals surface area contributed by atoms with Gasteiger partial charge >= 0.3 is 5.97 Å². The molecule has 2 aromatic rings. The third-order valence-corrected chi connectivity index (χ3v) is 4.42. The number of benzene rings is 1. The molecule has 1 fully saturated rings. The first kappa shape index (κ1) is 17.0. The summed E-state index contributed by atoms with van der Waals surface area (Å²) >= 11 is 0. The molecule has 1 aliphatic rings. The number of carbonyl (C=O) groups is 2. The third kappa shape index (κ3) is 4.15. The first-order valence-electron chi connectivity index (χ1n) is 8.40. The van der Waals surface area contributed by atoms with Crippen LogP contribution in [0.2, 0.25) is 0 Å². The lowest BCUT2D eigenvalue weighted by atomic mass is 10.1. The van der Waals surface area contributed by atoms with E-state index in [9.17, 15) is 14.7 Å². The average molecular weight is 339 g/mol. The van der Waals surface area contributed by atoms with Crippen LogP contribution >= 0.6 is 0 Å². The predicted octanol–water partition coefficient (Wildman–Crippen LogP) is 2.06. The number of amides is 1. The largest absolute Gasteiger partial charge is 0.478 e. The molecule has 1 N–H and O–H groups in total. The first-order valence-corrected chi connectivity index (χ1v) is 8.40. The van der Waals surface area contributed by atoms with E-state index in [4.69, 9.17) is 0 Å². The minimum Gasteiger partial charge on any atom is -0.478 e. The molecule has 0 spiro atoms. The van der Waals surface area contributed by atoms with Gasteiger partial charge in [-0.3, -0.25) is 4.79 Å². The number of aromatic nitrogens is 1. The van der Waals surface area contributed by atoms with Crippen LogP contribution in [0, 0.1) is 0 Å². The molecule has 0 saturated carbocycles. The second-order valence-corrected chi connectivity index (χ2v) is 6.03. The number of carboxylic acid groups (broad SMARTS) is 1. The van der Waals surface area contributed by atoms with Crippen molar-refractivity contribution in [1.82, 2.24) is 9.88 Å². The fourth-order valence-corrected chi connectivity index (χ4v) is 3.04. The Balaban J connectivity index is 1.55. The molecule has 1 aromatic carbocycles. The van der Waals surface area contributed by atoms with Crippen molar-refractivity contribution in [2.45, 2.75) is 12.8 Å². The lowest BCUT2D eigenvalue weighted by molar-refractivity contribution is -0.131. The normalized spacial score (nSPS) is 14.4. The lowest BCUT2D eigenvalue weighted by Crippen LogP contribution is -2.49. The molecule has 0 atom stereocenters. The minimum absolute atomic E-state index is 0.142. The molecule has 1 amide bonds. The van der Waals surface area contributed by atoms with Crippen molar-refractivity contribution >= 4 is 17.7 Å². The number of nitrogens with zero attached hydrogens (tertiary/aromatic N) is 3. The van der Waals surface area contributed by atoms with Gasteiger partial charge in [0, 0.05) is 38.8 Å². The van der Waals surface area contributed by atoms with Crippen molar-refractivity contribution < 1.29 is 14.7 Å². The zero-order valence-corrected chi connectivity index (χ0v) is 14.0. The molecular weight excluding hydrogens is 318 g/mol. The van der Waals surface area contributed by atoms with E-state index in [0.29, 0.717) is 38.4 Å². The van der Waals surface area contributed by atoms with E-state index in [-0.39, 0.29) is 11.5 Å². The Morgan fingerprint density at radius 2 is 1.72 bits per heavy atom. The maximum absolute atomic E-state index is 12.4. The van der Waals surface area contributed by atoms with Crippen molar-refractivity contribution in [2.24, 2.45) is 0 Å². The van der Waals surface area contributed by atoms with E-state index in [1.165, 1.54) is 0 Å². The van der Waals surface area contributed by atoms with Gasteiger partial charge in [0.15, 0.2) is 0 Å². The van der Waals surface area contributed by atoms with Gasteiger partial charge < -0.3 is 14.9 Å². The number of aryl methyl sites for hydroxylation is 1. The maximum Gasteiger partial charge on any atom is 0.339 e. The van der Waals surface area contributed by atoms with Gasteiger partial charge in [-0.25, -0.2) is 9.78 Å². The van der Waals surface area contributed by atoms with Crippen LogP contribution in [0.4, 0.5) is 5.82 Å². The van der Waals surface area contributed by atoms with Crippen LogP contribution < -0.4 is 4.90 Å². The van der Waals surface area contributed by atoms with Gasteiger partial charge in [-0.2, -0.15) is 0 Å². The summed E-state index contributed by atoms with van der Waals surface area (Å²) in [6.07, 6.45) is 2.83.